The van der Waals surface area contributed by atoms with Gasteiger partial charge in [-0.1, -0.05) is 6.92 Å². The molecule has 2 heterocycles. The molecule has 0 aromatic heterocycles. The van der Waals surface area contributed by atoms with Gasteiger partial charge < -0.3 is 15.5 Å². The van der Waals surface area contributed by atoms with E-state index < -0.39 is 0 Å². The number of hydrogen-bond donors (Lipinski definition) is 1. The average Bonchev–Trinajstić information content (AvgIpc) is 2.38. The number of amides is 1. The third-order valence-corrected chi connectivity index (χ3v) is 4.41. The minimum atomic E-state index is 0.303. The van der Waals surface area contributed by atoms with Gasteiger partial charge in [-0.25, -0.2) is 0 Å². The van der Waals surface area contributed by atoms with Crippen molar-refractivity contribution in [3.8, 4) is 0 Å². The third kappa shape index (κ3) is 3.95. The lowest BCUT2D eigenvalue weighted by Crippen LogP contribution is -2.44. The summed E-state index contributed by atoms with van der Waals surface area (Å²) in [5.74, 6) is 1.18. The molecule has 0 saturated carbocycles. The van der Waals surface area contributed by atoms with Crippen LogP contribution in [-0.4, -0.2) is 54.5 Å². The highest BCUT2D eigenvalue weighted by Gasteiger charge is 2.21. The normalized spacial score (nSPS) is 24.4. The Morgan fingerprint density at radius 1 is 1.11 bits per heavy atom. The highest BCUT2D eigenvalue weighted by molar-refractivity contribution is 5.76. The summed E-state index contributed by atoms with van der Waals surface area (Å²) in [7, 11) is 0. The molecule has 0 bridgehead atoms. The smallest absolute Gasteiger partial charge is 0.223 e. The van der Waals surface area contributed by atoms with Crippen LogP contribution in [0.2, 0.25) is 0 Å². The van der Waals surface area contributed by atoms with E-state index in [1.165, 1.54) is 25.9 Å². The molecular formula is C14H27N3O. The number of rotatable bonds is 3. The number of likely N-dealkylation sites (tertiary alicyclic amines) is 2. The van der Waals surface area contributed by atoms with Crippen LogP contribution >= 0.6 is 0 Å². The predicted molar refractivity (Wildman–Crippen MR) is 73.2 cm³/mol. The van der Waals surface area contributed by atoms with Crippen molar-refractivity contribution < 1.29 is 4.79 Å². The summed E-state index contributed by atoms with van der Waals surface area (Å²) in [5.41, 5.74) is 5.85. The van der Waals surface area contributed by atoms with Gasteiger partial charge in [0.05, 0.1) is 0 Å². The number of carbonyl (C=O) groups excluding carboxylic acids is 1. The highest BCUT2D eigenvalue weighted by atomic mass is 16.2. The molecule has 2 fully saturated rings. The second-order valence-electron chi connectivity index (χ2n) is 5.99. The lowest BCUT2D eigenvalue weighted by molar-refractivity contribution is -0.132. The fraction of sp³-hybridized carbons (Fsp3) is 0.929. The standard InChI is InChI=1S/C14H27N3O/c1-12-2-7-16(8-3-12)9-6-14(18)17-10-4-13(15)5-11-17/h12-13H,2-11,15H2,1H3. The molecule has 1 amide bonds. The van der Waals surface area contributed by atoms with Crippen LogP contribution in [0.25, 0.3) is 0 Å². The van der Waals surface area contributed by atoms with Gasteiger partial charge in [0.1, 0.15) is 0 Å². The molecule has 4 nitrogen and oxygen atoms in total. The first-order chi connectivity index (χ1) is 8.65. The van der Waals surface area contributed by atoms with Crippen LogP contribution in [0.5, 0.6) is 0 Å². The summed E-state index contributed by atoms with van der Waals surface area (Å²) < 4.78 is 0. The average molecular weight is 253 g/mol. The zero-order valence-electron chi connectivity index (χ0n) is 11.6. The summed E-state index contributed by atoms with van der Waals surface area (Å²) in [4.78, 5) is 16.5. The molecule has 0 aliphatic carbocycles. The molecule has 2 aliphatic rings. The van der Waals surface area contributed by atoms with E-state index in [4.69, 9.17) is 5.73 Å². The first-order valence-corrected chi connectivity index (χ1v) is 7.41. The van der Waals surface area contributed by atoms with Gasteiger partial charge >= 0.3 is 0 Å². The number of carbonyl (C=O) groups is 1. The van der Waals surface area contributed by atoms with Gasteiger partial charge in [-0.15, -0.1) is 0 Å². The van der Waals surface area contributed by atoms with Gasteiger partial charge in [0.2, 0.25) is 5.91 Å². The Labute approximate surface area is 110 Å². The lowest BCUT2D eigenvalue weighted by Gasteiger charge is -2.33. The zero-order chi connectivity index (χ0) is 13.0. The lowest BCUT2D eigenvalue weighted by atomic mass is 9.99. The van der Waals surface area contributed by atoms with E-state index in [1.807, 2.05) is 4.90 Å². The molecule has 0 radical (unpaired) electrons. The monoisotopic (exact) mass is 253 g/mol. The van der Waals surface area contributed by atoms with Crippen molar-refractivity contribution >= 4 is 5.91 Å². The van der Waals surface area contributed by atoms with Gasteiger partial charge in [0.15, 0.2) is 0 Å². The Morgan fingerprint density at radius 3 is 2.33 bits per heavy atom. The molecule has 2 saturated heterocycles. The van der Waals surface area contributed by atoms with Crippen LogP contribution in [0.3, 0.4) is 0 Å². The summed E-state index contributed by atoms with van der Waals surface area (Å²) in [5, 5.41) is 0. The molecular weight excluding hydrogens is 226 g/mol. The SMILES string of the molecule is CC1CCN(CCC(=O)N2CCC(N)CC2)CC1. The summed E-state index contributed by atoms with van der Waals surface area (Å²) in [6, 6.07) is 0.303. The maximum Gasteiger partial charge on any atom is 0.223 e. The quantitative estimate of drug-likeness (QED) is 0.818. The van der Waals surface area contributed by atoms with Crippen molar-refractivity contribution in [2.45, 2.75) is 45.1 Å². The minimum Gasteiger partial charge on any atom is -0.343 e. The van der Waals surface area contributed by atoms with Crippen LogP contribution < -0.4 is 5.73 Å². The Bertz CT molecular complexity index is 266. The van der Waals surface area contributed by atoms with Crippen LogP contribution in [0.1, 0.15) is 39.0 Å². The van der Waals surface area contributed by atoms with Gasteiger partial charge in [0, 0.05) is 32.1 Å². The molecule has 0 aromatic carbocycles. The Kier molecular flexibility index (Phi) is 5.01. The topological polar surface area (TPSA) is 49.6 Å². The summed E-state index contributed by atoms with van der Waals surface area (Å²) in [6.45, 7) is 7.31. The molecule has 2 rings (SSSR count). The first-order valence-electron chi connectivity index (χ1n) is 7.41. The number of piperidine rings is 2. The number of nitrogens with two attached hydrogens (primary N) is 1. The van der Waals surface area contributed by atoms with E-state index >= 15 is 0 Å². The molecule has 0 atom stereocenters. The maximum absolute atomic E-state index is 12.1. The zero-order valence-corrected chi connectivity index (χ0v) is 11.6. The summed E-state index contributed by atoms with van der Waals surface area (Å²) >= 11 is 0. The minimum absolute atomic E-state index is 0.303. The molecule has 0 aromatic rings. The van der Waals surface area contributed by atoms with Gasteiger partial charge in [-0.05, 0) is 44.7 Å². The van der Waals surface area contributed by atoms with Crippen LogP contribution in [-0.2, 0) is 4.79 Å². The number of hydrogen-bond acceptors (Lipinski definition) is 3. The molecule has 0 spiro atoms. The maximum atomic E-state index is 12.1. The van der Waals surface area contributed by atoms with E-state index in [0.29, 0.717) is 18.4 Å². The molecule has 2 aliphatic heterocycles. The van der Waals surface area contributed by atoms with E-state index in [2.05, 4.69) is 11.8 Å². The van der Waals surface area contributed by atoms with E-state index in [0.717, 1.165) is 38.4 Å². The number of nitrogens with zero attached hydrogens (tertiary/aromatic N) is 2. The molecule has 2 N–H and O–H groups in total. The molecule has 0 unspecified atom stereocenters. The van der Waals surface area contributed by atoms with E-state index in [1.54, 1.807) is 0 Å². The van der Waals surface area contributed by atoms with Gasteiger partial charge in [-0.3, -0.25) is 4.79 Å². The van der Waals surface area contributed by atoms with Gasteiger partial charge in [0.25, 0.3) is 0 Å². The Balaban J connectivity index is 1.65. The van der Waals surface area contributed by atoms with Crippen molar-refractivity contribution in [2.75, 3.05) is 32.7 Å². The van der Waals surface area contributed by atoms with Crippen molar-refractivity contribution in [2.24, 2.45) is 11.7 Å². The third-order valence-electron chi connectivity index (χ3n) is 4.41. The van der Waals surface area contributed by atoms with Gasteiger partial charge in [-0.2, -0.15) is 0 Å². The second-order valence-corrected chi connectivity index (χ2v) is 5.99. The fourth-order valence-corrected chi connectivity index (χ4v) is 2.85. The van der Waals surface area contributed by atoms with Crippen molar-refractivity contribution in [3.63, 3.8) is 0 Å². The van der Waals surface area contributed by atoms with Crippen LogP contribution in [0.15, 0.2) is 0 Å². The molecule has 104 valence electrons. The van der Waals surface area contributed by atoms with Crippen molar-refractivity contribution in [1.82, 2.24) is 9.80 Å². The molecule has 18 heavy (non-hydrogen) atoms. The van der Waals surface area contributed by atoms with Crippen LogP contribution in [0, 0.1) is 5.92 Å². The second kappa shape index (κ2) is 6.53. The van der Waals surface area contributed by atoms with Crippen molar-refractivity contribution in [1.29, 1.82) is 0 Å². The first kappa shape index (κ1) is 13.8. The Morgan fingerprint density at radius 2 is 1.72 bits per heavy atom. The Hall–Kier alpha value is -0.610. The van der Waals surface area contributed by atoms with Crippen molar-refractivity contribution in [3.05, 3.63) is 0 Å². The fourth-order valence-electron chi connectivity index (χ4n) is 2.85. The van der Waals surface area contributed by atoms with E-state index in [9.17, 15) is 4.79 Å². The predicted octanol–water partition coefficient (Wildman–Crippen LogP) is 1.06. The van der Waals surface area contributed by atoms with E-state index in [-0.39, 0.29) is 0 Å². The summed E-state index contributed by atoms with van der Waals surface area (Å²) in [6.07, 6.45) is 5.18. The molecule has 4 heteroatoms. The van der Waals surface area contributed by atoms with Crippen LogP contribution in [0.4, 0.5) is 0 Å². The largest absolute Gasteiger partial charge is 0.343 e. The highest BCUT2D eigenvalue weighted by Crippen LogP contribution is 2.16.